The highest BCUT2D eigenvalue weighted by atomic mass is 16.5. The predicted molar refractivity (Wildman–Crippen MR) is 174 cm³/mol. The quantitative estimate of drug-likeness (QED) is 0.147. The second-order valence-corrected chi connectivity index (χ2v) is 12.8. The lowest BCUT2D eigenvalue weighted by Gasteiger charge is -2.50. The molecule has 0 heterocycles. The van der Waals surface area contributed by atoms with E-state index in [1.54, 1.807) is 6.92 Å². The number of phenolic OH excluding ortho intramolecular Hbond substituents is 1. The number of nitrogens with two attached hydrogens (primary N) is 1. The number of rotatable bonds is 4. The van der Waals surface area contributed by atoms with Gasteiger partial charge >= 0.3 is 12.1 Å². The molecule has 0 saturated heterocycles. The first-order valence-electron chi connectivity index (χ1n) is 15.7. The summed E-state index contributed by atoms with van der Waals surface area (Å²) in [5.74, 6) is -10.4. The number of aliphatic hydroxyl groups excluding tert-OH is 3. The van der Waals surface area contributed by atoms with Crippen molar-refractivity contribution in [1.82, 2.24) is 5.32 Å². The van der Waals surface area contributed by atoms with Crippen LogP contribution in [0.15, 0.2) is 83.3 Å². The smallest absolute Gasteiger partial charge is 0.415 e. The Morgan fingerprint density at radius 3 is 2.18 bits per heavy atom. The number of benzene rings is 3. The number of imide groups is 1. The number of Topliss-reactive ketones (excluding diaryl/α,β-unsaturated/α-hetero) is 2. The Morgan fingerprint density at radius 2 is 1.56 bits per heavy atom. The maximum atomic E-state index is 13.9. The van der Waals surface area contributed by atoms with Crippen molar-refractivity contribution < 1.29 is 54.2 Å². The molecule has 0 bridgehead atoms. The second kappa shape index (κ2) is 11.6. The number of ketones is 2. The summed E-state index contributed by atoms with van der Waals surface area (Å²) >= 11 is 0. The van der Waals surface area contributed by atoms with E-state index in [4.69, 9.17) is 10.5 Å². The van der Waals surface area contributed by atoms with E-state index in [2.05, 4.69) is 5.32 Å². The fourth-order valence-corrected chi connectivity index (χ4v) is 7.98. The van der Waals surface area contributed by atoms with Crippen LogP contribution in [0.2, 0.25) is 0 Å². The Labute approximate surface area is 283 Å². The lowest BCUT2D eigenvalue weighted by Crippen LogP contribution is -2.62. The number of hydrogen-bond acceptors (Lipinski definition) is 11. The number of hydrogen-bond donors (Lipinski definition) is 8. The third-order valence-corrected chi connectivity index (χ3v) is 10.3. The SMILES string of the molecule is C[C@H]1c2ccc(NC(=O)NC(=O)OCC3c4ccccc4-c4ccccc43)c(O)c2C(=O)C2=C(O)[C@]3(O)C(=O)C(C(N)=O)=C(O)C[C@@H]3[C@@H](O)[C@@H]21. The van der Waals surface area contributed by atoms with Crippen LogP contribution in [0, 0.1) is 11.8 Å². The van der Waals surface area contributed by atoms with E-state index < -0.39 is 99.5 Å². The number of amides is 4. The highest BCUT2D eigenvalue weighted by Crippen LogP contribution is 2.55. The maximum absolute atomic E-state index is 13.9. The van der Waals surface area contributed by atoms with Gasteiger partial charge in [0.05, 0.1) is 17.4 Å². The fourth-order valence-electron chi connectivity index (χ4n) is 7.98. The molecule has 4 aliphatic carbocycles. The van der Waals surface area contributed by atoms with Gasteiger partial charge in [0, 0.05) is 29.7 Å². The van der Waals surface area contributed by atoms with Gasteiger partial charge in [0.25, 0.3) is 5.91 Å². The summed E-state index contributed by atoms with van der Waals surface area (Å²) < 4.78 is 5.39. The molecule has 0 radical (unpaired) electrons. The van der Waals surface area contributed by atoms with Gasteiger partial charge in [0.15, 0.2) is 17.1 Å². The van der Waals surface area contributed by atoms with E-state index in [1.807, 2.05) is 53.8 Å². The number of alkyl carbamates (subject to hydrolysis) is 1. The summed E-state index contributed by atoms with van der Waals surface area (Å²) in [5.41, 5.74) is 4.14. The number of anilines is 1. The number of aliphatic hydroxyl groups is 4. The molecule has 3 aromatic rings. The molecule has 0 unspecified atom stereocenters. The van der Waals surface area contributed by atoms with E-state index in [1.165, 1.54) is 12.1 Å². The number of primary amides is 1. The summed E-state index contributed by atoms with van der Waals surface area (Å²) in [6, 6.07) is 17.0. The summed E-state index contributed by atoms with van der Waals surface area (Å²) in [4.78, 5) is 64.5. The van der Waals surface area contributed by atoms with E-state index in [-0.39, 0.29) is 23.8 Å². The van der Waals surface area contributed by atoms with Gasteiger partial charge in [0.2, 0.25) is 5.78 Å². The first-order chi connectivity index (χ1) is 23.8. The molecule has 14 nitrogen and oxygen atoms in total. The van der Waals surface area contributed by atoms with Crippen LogP contribution in [-0.2, 0) is 14.3 Å². The van der Waals surface area contributed by atoms with E-state index in [0.717, 1.165) is 22.3 Å². The molecule has 256 valence electrons. The van der Waals surface area contributed by atoms with Gasteiger partial charge in [-0.25, -0.2) is 14.9 Å². The van der Waals surface area contributed by atoms with Crippen LogP contribution in [0.1, 0.15) is 52.2 Å². The predicted octanol–water partition coefficient (Wildman–Crippen LogP) is 3.18. The molecule has 0 aromatic heterocycles. The summed E-state index contributed by atoms with van der Waals surface area (Å²) in [6.45, 7) is 1.50. The number of carbonyl (C=O) groups is 5. The van der Waals surface area contributed by atoms with E-state index in [0.29, 0.717) is 0 Å². The van der Waals surface area contributed by atoms with Crippen molar-refractivity contribution in [3.63, 3.8) is 0 Å². The van der Waals surface area contributed by atoms with Crippen LogP contribution in [0.5, 0.6) is 5.75 Å². The Hall–Kier alpha value is -5.99. The molecular formula is C36H31N3O11. The number of aromatic hydroxyl groups is 1. The van der Waals surface area contributed by atoms with Crippen LogP contribution >= 0.6 is 0 Å². The molecule has 5 atom stereocenters. The normalized spacial score (nSPS) is 25.2. The van der Waals surface area contributed by atoms with Crippen molar-refractivity contribution in [2.45, 2.75) is 36.9 Å². The monoisotopic (exact) mass is 681 g/mol. The van der Waals surface area contributed by atoms with Crippen molar-refractivity contribution in [2.24, 2.45) is 17.6 Å². The molecule has 4 aliphatic rings. The van der Waals surface area contributed by atoms with Crippen molar-refractivity contribution in [3.05, 3.63) is 106 Å². The Morgan fingerprint density at radius 1 is 0.940 bits per heavy atom. The topological polar surface area (TPSA) is 246 Å². The molecule has 7 rings (SSSR count). The maximum Gasteiger partial charge on any atom is 0.415 e. The van der Waals surface area contributed by atoms with Crippen molar-refractivity contribution >= 4 is 35.3 Å². The number of ether oxygens (including phenoxy) is 1. The molecule has 0 saturated carbocycles. The molecule has 0 spiro atoms. The van der Waals surface area contributed by atoms with E-state index in [9.17, 15) is 49.5 Å². The van der Waals surface area contributed by atoms with Gasteiger partial charge in [-0.2, -0.15) is 0 Å². The number of carbonyl (C=O) groups excluding carboxylic acids is 5. The minimum Gasteiger partial charge on any atom is -0.511 e. The zero-order chi connectivity index (χ0) is 35.8. The molecule has 0 aliphatic heterocycles. The Bertz CT molecular complexity index is 2080. The average molecular weight is 682 g/mol. The third kappa shape index (κ3) is 4.59. The zero-order valence-electron chi connectivity index (χ0n) is 26.3. The zero-order valence-corrected chi connectivity index (χ0v) is 26.3. The largest absolute Gasteiger partial charge is 0.511 e. The molecule has 3 aromatic carbocycles. The van der Waals surface area contributed by atoms with Gasteiger partial charge in [-0.05, 0) is 39.8 Å². The van der Waals surface area contributed by atoms with Gasteiger partial charge in [0.1, 0.15) is 23.7 Å². The van der Waals surface area contributed by atoms with Crippen LogP contribution in [0.25, 0.3) is 11.1 Å². The molecule has 14 heteroatoms. The molecular weight excluding hydrogens is 650 g/mol. The minimum absolute atomic E-state index is 0.0682. The molecule has 4 amide bonds. The number of phenols is 1. The Kier molecular flexibility index (Phi) is 7.53. The van der Waals surface area contributed by atoms with Gasteiger partial charge in [-0.3, -0.25) is 14.4 Å². The van der Waals surface area contributed by atoms with Crippen LogP contribution in [-0.4, -0.2) is 73.4 Å². The molecule has 50 heavy (non-hydrogen) atoms. The van der Waals surface area contributed by atoms with Gasteiger partial charge < -0.3 is 41.3 Å². The van der Waals surface area contributed by atoms with Crippen LogP contribution < -0.4 is 16.4 Å². The lowest BCUT2D eigenvalue weighted by molar-refractivity contribution is -0.154. The van der Waals surface area contributed by atoms with Crippen molar-refractivity contribution in [1.29, 1.82) is 0 Å². The standard InChI is InChI=1S/C36H31N3O11/c1-14-15-10-11-22(38-34(47)39-35(48)50-13-20-18-8-4-2-6-16(18)17-7-3-5-9-19(17)20)29(42)25(15)30(43)27-24(14)28(41)21-12-23(40)26(33(37)46)31(44)36(21,49)32(27)45/h2-11,14,20-21,24,28,40-42,45,49H,12-13H2,1H3,(H2,37,46)(H2,38,39,47,48)/t14-,21+,24+,28+,36+/m0/s1. The summed E-state index contributed by atoms with van der Waals surface area (Å²) in [5, 5.41) is 60.0. The summed E-state index contributed by atoms with van der Waals surface area (Å²) in [7, 11) is 0. The number of nitrogens with one attached hydrogen (secondary N) is 2. The first kappa shape index (κ1) is 32.6. The molecule has 0 fully saturated rings. The number of urea groups is 1. The van der Waals surface area contributed by atoms with Gasteiger partial charge in [-0.1, -0.05) is 61.5 Å². The highest BCUT2D eigenvalue weighted by Gasteiger charge is 2.64. The van der Waals surface area contributed by atoms with Crippen molar-refractivity contribution in [3.8, 4) is 16.9 Å². The average Bonchev–Trinajstić information content (AvgIpc) is 3.40. The summed E-state index contributed by atoms with van der Waals surface area (Å²) in [6.07, 6.45) is -3.35. The van der Waals surface area contributed by atoms with Gasteiger partial charge in [-0.15, -0.1) is 0 Å². The fraction of sp³-hybridized carbons (Fsp3) is 0.250. The Balaban J connectivity index is 1.11. The lowest BCUT2D eigenvalue weighted by atomic mass is 9.56. The molecule has 9 N–H and O–H groups in total. The number of fused-ring (bicyclic) bond motifs is 6. The van der Waals surface area contributed by atoms with E-state index >= 15 is 0 Å². The number of allylic oxidation sites excluding steroid dienone is 1. The van der Waals surface area contributed by atoms with Crippen LogP contribution in [0.3, 0.4) is 0 Å². The first-order valence-corrected chi connectivity index (χ1v) is 15.7. The van der Waals surface area contributed by atoms with Crippen LogP contribution in [0.4, 0.5) is 15.3 Å². The second-order valence-electron chi connectivity index (χ2n) is 12.8. The minimum atomic E-state index is -2.98. The third-order valence-electron chi connectivity index (χ3n) is 10.3. The highest BCUT2D eigenvalue weighted by molar-refractivity contribution is 6.24. The van der Waals surface area contributed by atoms with Crippen molar-refractivity contribution in [2.75, 3.05) is 11.9 Å².